The summed E-state index contributed by atoms with van der Waals surface area (Å²) in [5, 5.41) is 10.9. The number of carbonyl (C=O) groups is 1. The second-order valence-corrected chi connectivity index (χ2v) is 7.68. The first-order valence-electron chi connectivity index (χ1n) is 7.61. The third kappa shape index (κ3) is 5.18. The molecule has 3 aromatic rings. The summed E-state index contributed by atoms with van der Waals surface area (Å²) < 4.78 is 27.4. The molecular formula is C18H11BrClF2N3OS. The summed E-state index contributed by atoms with van der Waals surface area (Å²) in [4.78, 5) is 12.2. The van der Waals surface area contributed by atoms with E-state index in [2.05, 4.69) is 31.4 Å². The van der Waals surface area contributed by atoms with Gasteiger partial charge in [0.1, 0.15) is 11.6 Å². The Labute approximate surface area is 171 Å². The highest BCUT2D eigenvalue weighted by atomic mass is 79.9. The van der Waals surface area contributed by atoms with Crippen LogP contribution in [0.2, 0.25) is 0 Å². The van der Waals surface area contributed by atoms with E-state index >= 15 is 0 Å². The van der Waals surface area contributed by atoms with Crippen molar-refractivity contribution in [3.63, 3.8) is 0 Å². The fourth-order valence-corrected chi connectivity index (χ4v) is 3.41. The minimum absolute atomic E-state index is 0.119. The summed E-state index contributed by atoms with van der Waals surface area (Å²) in [6.45, 7) is 0.223. The number of benzene rings is 2. The van der Waals surface area contributed by atoms with Crippen LogP contribution in [0.5, 0.6) is 0 Å². The van der Waals surface area contributed by atoms with E-state index in [0.29, 0.717) is 9.48 Å². The van der Waals surface area contributed by atoms with Gasteiger partial charge in [-0.3, -0.25) is 4.79 Å². The number of nitrogens with zero attached hydrogens (tertiary/aromatic N) is 2. The van der Waals surface area contributed by atoms with Crippen LogP contribution in [0.1, 0.15) is 25.9 Å². The first-order chi connectivity index (χ1) is 12.9. The fourth-order valence-electron chi connectivity index (χ4n) is 2.10. The minimum atomic E-state index is -0.432. The molecule has 0 atom stereocenters. The molecule has 1 amide bonds. The van der Waals surface area contributed by atoms with Gasteiger partial charge in [-0.1, -0.05) is 51.0 Å². The van der Waals surface area contributed by atoms with Gasteiger partial charge in [0.15, 0.2) is 5.01 Å². The predicted molar refractivity (Wildman–Crippen MR) is 105 cm³/mol. The van der Waals surface area contributed by atoms with Crippen molar-refractivity contribution in [3.8, 4) is 0 Å². The van der Waals surface area contributed by atoms with Crippen molar-refractivity contribution in [2.75, 3.05) is 0 Å². The molecule has 0 unspecified atom stereocenters. The van der Waals surface area contributed by atoms with E-state index in [0.717, 1.165) is 16.9 Å². The Bertz CT molecular complexity index is 1010. The van der Waals surface area contributed by atoms with Crippen molar-refractivity contribution in [1.29, 1.82) is 0 Å². The Balaban J connectivity index is 1.69. The van der Waals surface area contributed by atoms with E-state index in [1.165, 1.54) is 24.3 Å². The normalized spacial score (nSPS) is 11.5. The van der Waals surface area contributed by atoms with Crippen molar-refractivity contribution < 1.29 is 13.6 Å². The van der Waals surface area contributed by atoms with Crippen LogP contribution in [0.25, 0.3) is 11.1 Å². The lowest BCUT2D eigenvalue weighted by atomic mass is 10.2. The van der Waals surface area contributed by atoms with Crippen LogP contribution in [0.3, 0.4) is 0 Å². The monoisotopic (exact) mass is 469 g/mol. The molecule has 0 saturated carbocycles. The van der Waals surface area contributed by atoms with Gasteiger partial charge in [-0.05, 0) is 42.0 Å². The zero-order valence-corrected chi connectivity index (χ0v) is 16.7. The molecule has 0 radical (unpaired) electrons. The van der Waals surface area contributed by atoms with Crippen LogP contribution in [-0.4, -0.2) is 16.1 Å². The minimum Gasteiger partial charge on any atom is -0.346 e. The van der Waals surface area contributed by atoms with Crippen molar-refractivity contribution in [3.05, 3.63) is 79.7 Å². The highest BCUT2D eigenvalue weighted by Crippen LogP contribution is 2.27. The topological polar surface area (TPSA) is 54.9 Å². The van der Waals surface area contributed by atoms with Gasteiger partial charge in [0.05, 0.1) is 5.03 Å². The quantitative estimate of drug-likeness (QED) is 0.554. The zero-order valence-electron chi connectivity index (χ0n) is 13.5. The number of rotatable bonds is 5. The van der Waals surface area contributed by atoms with Crippen LogP contribution in [0.4, 0.5) is 8.78 Å². The standard InChI is InChI=1S/C18H11BrClF2N3OS/c19-12-3-6-15(22)11(7-12)8-14(20)17-24-25-18(27-17)16(26)23-9-10-1-4-13(21)5-2-10/h1-8H,9H2,(H,23,26). The lowest BCUT2D eigenvalue weighted by molar-refractivity contribution is 0.0950. The molecule has 0 aliphatic carbocycles. The molecule has 0 aliphatic rings. The first-order valence-corrected chi connectivity index (χ1v) is 9.60. The fraction of sp³-hybridized carbons (Fsp3) is 0.0556. The highest BCUT2D eigenvalue weighted by Gasteiger charge is 2.15. The molecule has 27 heavy (non-hydrogen) atoms. The SMILES string of the molecule is O=C(NCc1ccc(F)cc1)c1nnc(C(Cl)=Cc2cc(Br)ccc2F)s1. The second-order valence-electron chi connectivity index (χ2n) is 5.38. The summed E-state index contributed by atoms with van der Waals surface area (Å²) >= 11 is 10.4. The summed E-state index contributed by atoms with van der Waals surface area (Å²) in [5.41, 5.74) is 1.03. The van der Waals surface area contributed by atoms with E-state index in [-0.39, 0.29) is 28.0 Å². The Morgan fingerprint density at radius 3 is 2.59 bits per heavy atom. The molecule has 0 aliphatic heterocycles. The molecule has 2 aromatic carbocycles. The molecule has 138 valence electrons. The van der Waals surface area contributed by atoms with Gasteiger partial charge in [0, 0.05) is 16.6 Å². The van der Waals surface area contributed by atoms with Crippen LogP contribution >= 0.6 is 38.9 Å². The Morgan fingerprint density at radius 1 is 1.15 bits per heavy atom. The molecule has 1 aromatic heterocycles. The summed E-state index contributed by atoms with van der Waals surface area (Å²) in [5.74, 6) is -1.21. The molecule has 1 N–H and O–H groups in total. The number of halogens is 4. The van der Waals surface area contributed by atoms with Gasteiger partial charge in [-0.15, -0.1) is 10.2 Å². The number of hydrogen-bond acceptors (Lipinski definition) is 4. The maximum atomic E-state index is 13.8. The average molecular weight is 471 g/mol. The van der Waals surface area contributed by atoms with Crippen LogP contribution in [-0.2, 0) is 6.54 Å². The summed E-state index contributed by atoms with van der Waals surface area (Å²) in [7, 11) is 0. The highest BCUT2D eigenvalue weighted by molar-refractivity contribution is 9.10. The zero-order chi connectivity index (χ0) is 19.4. The summed E-state index contributed by atoms with van der Waals surface area (Å²) in [6.07, 6.45) is 1.42. The largest absolute Gasteiger partial charge is 0.346 e. The number of aromatic nitrogens is 2. The van der Waals surface area contributed by atoms with Gasteiger partial charge >= 0.3 is 0 Å². The molecule has 3 rings (SSSR count). The molecule has 1 heterocycles. The second kappa shape index (κ2) is 8.69. The van der Waals surface area contributed by atoms with Gasteiger partial charge in [0.2, 0.25) is 5.01 Å². The number of nitrogens with one attached hydrogen (secondary N) is 1. The Kier molecular flexibility index (Phi) is 6.30. The van der Waals surface area contributed by atoms with Gasteiger partial charge in [0.25, 0.3) is 5.91 Å². The maximum absolute atomic E-state index is 13.8. The van der Waals surface area contributed by atoms with Gasteiger partial charge in [-0.25, -0.2) is 8.78 Å². The van der Waals surface area contributed by atoms with Gasteiger partial charge in [-0.2, -0.15) is 0 Å². The smallest absolute Gasteiger partial charge is 0.282 e. The van der Waals surface area contributed by atoms with Gasteiger partial charge < -0.3 is 5.32 Å². The molecule has 0 saturated heterocycles. The van der Waals surface area contributed by atoms with Crippen molar-refractivity contribution >= 4 is 55.9 Å². The molecule has 0 spiro atoms. The van der Waals surface area contributed by atoms with Crippen LogP contribution in [0.15, 0.2) is 46.9 Å². The lowest BCUT2D eigenvalue weighted by Crippen LogP contribution is -2.22. The molecule has 9 heteroatoms. The van der Waals surface area contributed by atoms with Crippen LogP contribution in [0, 0.1) is 11.6 Å². The van der Waals surface area contributed by atoms with Crippen molar-refractivity contribution in [2.45, 2.75) is 6.54 Å². The first kappa shape index (κ1) is 19.6. The van der Waals surface area contributed by atoms with E-state index in [1.807, 2.05) is 0 Å². The lowest BCUT2D eigenvalue weighted by Gasteiger charge is -2.02. The van der Waals surface area contributed by atoms with Crippen molar-refractivity contribution in [2.24, 2.45) is 0 Å². The van der Waals surface area contributed by atoms with E-state index < -0.39 is 11.7 Å². The maximum Gasteiger partial charge on any atom is 0.282 e. The van der Waals surface area contributed by atoms with E-state index in [1.54, 1.807) is 24.3 Å². The number of amides is 1. The van der Waals surface area contributed by atoms with Crippen LogP contribution < -0.4 is 5.32 Å². The number of hydrogen-bond donors (Lipinski definition) is 1. The Hall–Kier alpha value is -2.16. The molecule has 0 bridgehead atoms. The summed E-state index contributed by atoms with van der Waals surface area (Å²) in [6, 6.07) is 10.3. The third-order valence-corrected chi connectivity index (χ3v) is 5.28. The van der Waals surface area contributed by atoms with E-state index in [9.17, 15) is 13.6 Å². The Morgan fingerprint density at radius 2 is 1.85 bits per heavy atom. The van der Waals surface area contributed by atoms with E-state index in [4.69, 9.17) is 11.6 Å². The molecular weight excluding hydrogens is 460 g/mol. The molecule has 0 fully saturated rings. The number of carbonyl (C=O) groups excluding carboxylic acids is 1. The average Bonchev–Trinajstić information content (AvgIpc) is 3.14. The third-order valence-electron chi connectivity index (χ3n) is 3.43. The van der Waals surface area contributed by atoms with Crippen molar-refractivity contribution in [1.82, 2.24) is 15.5 Å². The predicted octanol–water partition coefficient (Wildman–Crippen LogP) is 5.25. The molecule has 4 nitrogen and oxygen atoms in total.